The van der Waals surface area contributed by atoms with Gasteiger partial charge in [0.25, 0.3) is 0 Å². The van der Waals surface area contributed by atoms with Gasteiger partial charge in [-0.1, -0.05) is 24.3 Å². The lowest BCUT2D eigenvalue weighted by Crippen LogP contribution is -2.12. The molecule has 32 heavy (non-hydrogen) atoms. The van der Waals surface area contributed by atoms with Crippen LogP contribution in [0.3, 0.4) is 0 Å². The molecular formula is C25H27N7. The third-order valence-corrected chi connectivity index (χ3v) is 6.09. The summed E-state index contributed by atoms with van der Waals surface area (Å²) < 4.78 is 1.81. The highest BCUT2D eigenvalue weighted by Gasteiger charge is 2.38. The molecule has 1 saturated carbocycles. The highest BCUT2D eigenvalue weighted by molar-refractivity contribution is 5.78. The van der Waals surface area contributed by atoms with Gasteiger partial charge in [0.2, 0.25) is 0 Å². The van der Waals surface area contributed by atoms with Crippen molar-refractivity contribution in [1.29, 1.82) is 5.41 Å². The predicted octanol–water partition coefficient (Wildman–Crippen LogP) is 4.18. The van der Waals surface area contributed by atoms with E-state index >= 15 is 0 Å². The van der Waals surface area contributed by atoms with Gasteiger partial charge in [-0.15, -0.1) is 0 Å². The monoisotopic (exact) mass is 425 g/mol. The number of nitrogens with zero attached hydrogens (tertiary/aromatic N) is 4. The fraction of sp³-hybridized carbons (Fsp3) is 0.280. The van der Waals surface area contributed by atoms with E-state index in [0.717, 1.165) is 41.1 Å². The average molecular weight is 426 g/mol. The number of fused-ring (bicyclic) bond motifs is 2. The Labute approximate surface area is 187 Å². The first-order valence-electron chi connectivity index (χ1n) is 11.0. The van der Waals surface area contributed by atoms with Crippen LogP contribution in [0.5, 0.6) is 0 Å². The van der Waals surface area contributed by atoms with E-state index in [4.69, 9.17) is 15.4 Å². The molecule has 0 radical (unpaired) electrons. The summed E-state index contributed by atoms with van der Waals surface area (Å²) in [6.07, 6.45) is 8.15. The predicted molar refractivity (Wildman–Crippen MR) is 128 cm³/mol. The lowest BCUT2D eigenvalue weighted by Gasteiger charge is -2.11. The molecular weight excluding hydrogens is 398 g/mol. The second-order valence-corrected chi connectivity index (χ2v) is 8.31. The zero-order chi connectivity index (χ0) is 21.9. The molecule has 7 nitrogen and oxygen atoms in total. The third kappa shape index (κ3) is 4.19. The third-order valence-electron chi connectivity index (χ3n) is 6.09. The van der Waals surface area contributed by atoms with Crippen molar-refractivity contribution >= 4 is 28.6 Å². The lowest BCUT2D eigenvalue weighted by atomic mass is 10.1. The van der Waals surface area contributed by atoms with Gasteiger partial charge in [-0.2, -0.15) is 9.61 Å². The minimum Gasteiger partial charge on any atom is -0.394 e. The molecule has 0 aliphatic heterocycles. The van der Waals surface area contributed by atoms with Crippen LogP contribution in [0.15, 0.2) is 66.5 Å². The molecule has 1 aliphatic rings. The Morgan fingerprint density at radius 3 is 2.97 bits per heavy atom. The fourth-order valence-electron chi connectivity index (χ4n) is 4.29. The number of nitrogens with one attached hydrogen (secondary N) is 3. The molecule has 4 aromatic rings. The number of benzene rings is 1. The summed E-state index contributed by atoms with van der Waals surface area (Å²) in [7, 11) is 1.83. The number of hydrogen-bond acceptors (Lipinski definition) is 6. The second kappa shape index (κ2) is 8.78. The van der Waals surface area contributed by atoms with E-state index in [2.05, 4.69) is 52.1 Å². The molecule has 1 fully saturated rings. The van der Waals surface area contributed by atoms with Crippen LogP contribution in [0.25, 0.3) is 16.6 Å². The maximum Gasteiger partial charge on any atom is 0.157 e. The van der Waals surface area contributed by atoms with Gasteiger partial charge in [0.1, 0.15) is 5.82 Å². The Morgan fingerprint density at radius 1 is 1.19 bits per heavy atom. The molecule has 1 aromatic carbocycles. The fourth-order valence-corrected chi connectivity index (χ4v) is 4.29. The van der Waals surface area contributed by atoms with Crippen molar-refractivity contribution < 1.29 is 0 Å². The molecule has 1 aliphatic carbocycles. The zero-order valence-corrected chi connectivity index (χ0v) is 18.1. The van der Waals surface area contributed by atoms with Crippen molar-refractivity contribution in [1.82, 2.24) is 24.9 Å². The molecule has 0 saturated heterocycles. The van der Waals surface area contributed by atoms with Gasteiger partial charge in [0.05, 0.1) is 11.7 Å². The number of pyridine rings is 1. The maximum atomic E-state index is 7.55. The van der Waals surface area contributed by atoms with Crippen molar-refractivity contribution in [2.75, 3.05) is 18.9 Å². The smallest absolute Gasteiger partial charge is 0.157 e. The van der Waals surface area contributed by atoms with E-state index in [-0.39, 0.29) is 0 Å². The zero-order valence-electron chi connectivity index (χ0n) is 18.1. The van der Waals surface area contributed by atoms with Crippen LogP contribution in [-0.2, 0) is 6.42 Å². The molecule has 3 heterocycles. The first-order chi connectivity index (χ1) is 15.7. The Hall–Kier alpha value is -3.74. The van der Waals surface area contributed by atoms with Crippen LogP contribution < -0.4 is 10.6 Å². The molecule has 0 unspecified atom stereocenters. The lowest BCUT2D eigenvalue weighted by molar-refractivity contribution is 0.688. The van der Waals surface area contributed by atoms with Crippen LogP contribution in [0.1, 0.15) is 30.1 Å². The van der Waals surface area contributed by atoms with Gasteiger partial charge < -0.3 is 16.0 Å². The Kier molecular flexibility index (Phi) is 5.54. The van der Waals surface area contributed by atoms with Gasteiger partial charge in [-0.05, 0) is 37.3 Å². The van der Waals surface area contributed by atoms with Gasteiger partial charge >= 0.3 is 0 Å². The van der Waals surface area contributed by atoms with Crippen molar-refractivity contribution in [3.8, 4) is 0 Å². The first-order valence-corrected chi connectivity index (χ1v) is 11.0. The van der Waals surface area contributed by atoms with E-state index < -0.39 is 0 Å². The van der Waals surface area contributed by atoms with E-state index in [9.17, 15) is 0 Å². The quantitative estimate of drug-likeness (QED) is 0.350. The van der Waals surface area contributed by atoms with Crippen LogP contribution >= 0.6 is 0 Å². The van der Waals surface area contributed by atoms with Crippen molar-refractivity contribution in [2.45, 2.75) is 25.2 Å². The number of hydrogen-bond donors (Lipinski definition) is 3. The molecule has 0 spiro atoms. The minimum absolute atomic E-state index is 0.543. The molecule has 162 valence electrons. The summed E-state index contributed by atoms with van der Waals surface area (Å²) in [5.74, 6) is 2.10. The van der Waals surface area contributed by atoms with Gasteiger partial charge in [-0.25, -0.2) is 4.98 Å². The largest absolute Gasteiger partial charge is 0.394 e. The molecule has 0 bridgehead atoms. The number of rotatable bonds is 9. The SMILES string of the molecule is CN/C=C(\C=N)CNc1cc(CC[C@@H]2C[C@H]2c2ccc3ccccc3n2)nc2ccnn12. The average Bonchev–Trinajstić information content (AvgIpc) is 3.45. The molecule has 2 atom stereocenters. The molecule has 5 rings (SSSR count). The number of anilines is 1. The minimum atomic E-state index is 0.543. The highest BCUT2D eigenvalue weighted by atomic mass is 15.3. The normalized spacial score (nSPS) is 18.1. The number of aryl methyl sites for hydroxylation is 1. The van der Waals surface area contributed by atoms with Gasteiger partial charge in [-0.3, -0.25) is 4.98 Å². The van der Waals surface area contributed by atoms with Crippen LogP contribution in [0.2, 0.25) is 0 Å². The van der Waals surface area contributed by atoms with Crippen LogP contribution in [-0.4, -0.2) is 39.4 Å². The molecule has 7 heteroatoms. The van der Waals surface area contributed by atoms with E-state index in [1.165, 1.54) is 23.7 Å². The summed E-state index contributed by atoms with van der Waals surface area (Å²) in [5, 5.41) is 19.5. The molecule has 3 N–H and O–H groups in total. The number of aromatic nitrogens is 4. The van der Waals surface area contributed by atoms with Crippen molar-refractivity contribution in [3.63, 3.8) is 0 Å². The van der Waals surface area contributed by atoms with Gasteiger partial charge in [0.15, 0.2) is 5.65 Å². The molecule has 0 amide bonds. The van der Waals surface area contributed by atoms with Crippen LogP contribution in [0, 0.1) is 11.3 Å². The maximum absolute atomic E-state index is 7.55. The summed E-state index contributed by atoms with van der Waals surface area (Å²) in [5.41, 5.74) is 5.05. The van der Waals surface area contributed by atoms with Gasteiger partial charge in [0, 0.05) is 66.4 Å². The summed E-state index contributed by atoms with van der Waals surface area (Å²) in [6, 6.07) is 16.7. The Balaban J connectivity index is 1.26. The Morgan fingerprint density at radius 2 is 2.09 bits per heavy atom. The summed E-state index contributed by atoms with van der Waals surface area (Å²) in [4.78, 5) is 9.68. The topological polar surface area (TPSA) is 91.0 Å². The molecule has 3 aromatic heterocycles. The highest BCUT2D eigenvalue weighted by Crippen LogP contribution is 2.49. The first kappa shape index (κ1) is 20.2. The van der Waals surface area contributed by atoms with Crippen molar-refractivity contribution in [2.24, 2.45) is 5.92 Å². The van der Waals surface area contributed by atoms with E-state index in [1.54, 1.807) is 6.20 Å². The second-order valence-electron chi connectivity index (χ2n) is 8.31. The Bertz CT molecular complexity index is 1290. The number of para-hydroxylation sites is 1. The van der Waals surface area contributed by atoms with Crippen molar-refractivity contribution in [3.05, 3.63) is 77.9 Å². The van der Waals surface area contributed by atoms with Crippen LogP contribution in [0.4, 0.5) is 5.82 Å². The van der Waals surface area contributed by atoms with E-state index in [0.29, 0.717) is 18.4 Å². The summed E-state index contributed by atoms with van der Waals surface area (Å²) >= 11 is 0. The summed E-state index contributed by atoms with van der Waals surface area (Å²) in [6.45, 7) is 0.543. The van der Waals surface area contributed by atoms with E-state index in [1.807, 2.05) is 29.9 Å². The standard InChI is InChI=1S/C25H27N7/c1-27-15-17(14-26)16-28-25-13-20(30-24-10-11-29-32(24)25)8-6-19-12-21(19)23-9-7-18-4-2-3-5-22(18)31-23/h2-5,7,9-11,13-15,19,21,26-28H,6,8,12,16H2,1H3/b17-15+,26-14?/t19-,21-/m1/s1.